The maximum atomic E-state index is 13.3. The van der Waals surface area contributed by atoms with Crippen molar-refractivity contribution in [1.29, 1.82) is 0 Å². The first-order valence-corrected chi connectivity index (χ1v) is 7.90. The van der Waals surface area contributed by atoms with Gasteiger partial charge >= 0.3 is 6.18 Å². The molecule has 1 aromatic carbocycles. The van der Waals surface area contributed by atoms with Crippen LogP contribution in [0.2, 0.25) is 0 Å². The Bertz CT molecular complexity index is 930. The summed E-state index contributed by atoms with van der Waals surface area (Å²) in [5.74, 6) is 0.706. The Morgan fingerprint density at radius 1 is 1.27 bits per heavy atom. The van der Waals surface area contributed by atoms with E-state index in [1.165, 1.54) is 34.6 Å². The number of aliphatic hydroxyl groups excluding tert-OH is 1. The topological polar surface area (TPSA) is 81.7 Å². The number of halogens is 3. The first kappa shape index (κ1) is 18.1. The van der Waals surface area contributed by atoms with Crippen LogP contribution in [0.25, 0.3) is 17.2 Å². The largest absolute Gasteiger partial charge is 0.416 e. The van der Waals surface area contributed by atoms with E-state index in [1.807, 2.05) is 0 Å². The first-order chi connectivity index (χ1) is 12.2. The fourth-order valence-corrected chi connectivity index (χ4v) is 2.54. The molecule has 0 fully saturated rings. The zero-order chi connectivity index (χ0) is 19.1. The van der Waals surface area contributed by atoms with E-state index in [1.54, 1.807) is 14.0 Å². The molecule has 0 bridgehead atoms. The van der Waals surface area contributed by atoms with E-state index in [9.17, 15) is 18.3 Å². The van der Waals surface area contributed by atoms with Crippen LogP contribution < -0.4 is 0 Å². The third kappa shape index (κ3) is 3.19. The first-order valence-electron chi connectivity index (χ1n) is 7.90. The second-order valence-electron chi connectivity index (χ2n) is 5.87. The van der Waals surface area contributed by atoms with E-state index in [-0.39, 0.29) is 22.8 Å². The Morgan fingerprint density at radius 3 is 2.58 bits per heavy atom. The minimum Gasteiger partial charge on any atom is -0.385 e. The van der Waals surface area contributed by atoms with Gasteiger partial charge < -0.3 is 5.11 Å². The van der Waals surface area contributed by atoms with Crippen LogP contribution in [-0.4, -0.2) is 34.9 Å². The van der Waals surface area contributed by atoms with Crippen LogP contribution >= 0.6 is 0 Å². The predicted molar refractivity (Wildman–Crippen MR) is 86.3 cm³/mol. The number of aliphatic hydroxyl groups is 1. The molecule has 10 heteroatoms. The van der Waals surface area contributed by atoms with Gasteiger partial charge in [0.2, 0.25) is 0 Å². The number of aryl methyl sites for hydroxylation is 2. The number of hydrogen-bond acceptors (Lipinski definition) is 5. The van der Waals surface area contributed by atoms with Gasteiger partial charge in [0.15, 0.2) is 17.5 Å². The van der Waals surface area contributed by atoms with Crippen molar-refractivity contribution in [3.8, 4) is 17.2 Å². The highest BCUT2D eigenvalue weighted by Crippen LogP contribution is 2.35. The number of aromatic nitrogens is 6. The molecule has 1 atom stereocenters. The quantitative estimate of drug-likeness (QED) is 0.768. The van der Waals surface area contributed by atoms with Crippen LogP contribution in [0.3, 0.4) is 0 Å². The molecule has 138 valence electrons. The molecular weight excluding hydrogens is 349 g/mol. The summed E-state index contributed by atoms with van der Waals surface area (Å²) >= 11 is 0. The van der Waals surface area contributed by atoms with Gasteiger partial charge in [0, 0.05) is 12.6 Å². The monoisotopic (exact) mass is 366 g/mol. The number of nitrogens with zero attached hydrogens (tertiary/aromatic N) is 6. The van der Waals surface area contributed by atoms with E-state index >= 15 is 0 Å². The van der Waals surface area contributed by atoms with Crippen molar-refractivity contribution in [2.45, 2.75) is 32.5 Å². The number of benzene rings is 1. The average Bonchev–Trinajstić information content (AvgIpc) is 3.19. The van der Waals surface area contributed by atoms with E-state index in [4.69, 9.17) is 0 Å². The molecule has 2 aromatic heterocycles. The molecule has 0 amide bonds. The van der Waals surface area contributed by atoms with Crippen LogP contribution in [0.5, 0.6) is 0 Å². The molecule has 26 heavy (non-hydrogen) atoms. The summed E-state index contributed by atoms with van der Waals surface area (Å²) in [5.41, 5.74) is -0.403. The molecule has 7 nitrogen and oxygen atoms in total. The Kier molecular flexibility index (Phi) is 4.53. The molecule has 3 aromatic rings. The van der Waals surface area contributed by atoms with Gasteiger partial charge in [0.05, 0.1) is 11.8 Å². The number of alkyl halides is 3. The van der Waals surface area contributed by atoms with Crippen LogP contribution in [0.4, 0.5) is 13.2 Å². The minimum absolute atomic E-state index is 0.114. The second-order valence-corrected chi connectivity index (χ2v) is 5.87. The van der Waals surface area contributed by atoms with Crippen molar-refractivity contribution < 1.29 is 18.3 Å². The lowest BCUT2D eigenvalue weighted by Gasteiger charge is -2.12. The maximum absolute atomic E-state index is 13.3. The predicted octanol–water partition coefficient (Wildman–Crippen LogP) is 2.83. The molecule has 1 unspecified atom stereocenters. The number of hydrogen-bond donors (Lipinski definition) is 1. The molecule has 0 aliphatic heterocycles. The molecule has 0 spiro atoms. The summed E-state index contributed by atoms with van der Waals surface area (Å²) < 4.78 is 42.5. The van der Waals surface area contributed by atoms with Crippen molar-refractivity contribution in [2.24, 2.45) is 7.05 Å². The highest BCUT2D eigenvalue weighted by Gasteiger charge is 2.33. The Morgan fingerprint density at radius 2 is 2.00 bits per heavy atom. The van der Waals surface area contributed by atoms with Gasteiger partial charge in [-0.25, -0.2) is 9.67 Å². The molecule has 1 N–H and O–H groups in total. The minimum atomic E-state index is -4.48. The van der Waals surface area contributed by atoms with E-state index in [0.717, 1.165) is 6.07 Å². The van der Waals surface area contributed by atoms with Crippen LogP contribution in [0, 0.1) is 6.92 Å². The molecule has 2 heterocycles. The average molecular weight is 366 g/mol. The summed E-state index contributed by atoms with van der Waals surface area (Å²) in [6.45, 7) is 3.15. The lowest BCUT2D eigenvalue weighted by atomic mass is 10.0. The third-order valence-corrected chi connectivity index (χ3v) is 4.02. The highest BCUT2D eigenvalue weighted by molar-refractivity contribution is 5.60. The molecule has 3 rings (SSSR count). The Hall–Kier alpha value is -2.75. The van der Waals surface area contributed by atoms with Gasteiger partial charge in [-0.05, 0) is 25.0 Å². The smallest absolute Gasteiger partial charge is 0.385 e. The maximum Gasteiger partial charge on any atom is 0.416 e. The third-order valence-electron chi connectivity index (χ3n) is 4.02. The SMILES string of the molecule is CCC(O)c1nc(-c2ccc(C)c(C(F)(F)F)c2)n(-c2cnnn2C)n1. The van der Waals surface area contributed by atoms with Crippen molar-refractivity contribution >= 4 is 0 Å². The summed E-state index contributed by atoms with van der Waals surface area (Å²) in [4.78, 5) is 4.27. The molecular formula is C16H17F3N6O. The fraction of sp³-hybridized carbons (Fsp3) is 0.375. The highest BCUT2D eigenvalue weighted by atomic mass is 19.4. The van der Waals surface area contributed by atoms with Crippen molar-refractivity contribution in [3.63, 3.8) is 0 Å². The number of rotatable bonds is 4. The zero-order valence-corrected chi connectivity index (χ0v) is 14.4. The standard InChI is InChI=1S/C16H17F3N6O/c1-4-12(26)14-21-15(25(22-14)13-8-20-23-24(13)3)10-6-5-9(2)11(7-10)16(17,18)19/h5-8,12,26H,4H2,1-3H3. The molecule has 0 saturated carbocycles. The molecule has 0 aliphatic carbocycles. The molecule has 0 aliphatic rings. The van der Waals surface area contributed by atoms with Crippen molar-refractivity contribution in [3.05, 3.63) is 41.3 Å². The summed E-state index contributed by atoms with van der Waals surface area (Å²) in [6, 6.07) is 3.95. The van der Waals surface area contributed by atoms with E-state index in [2.05, 4.69) is 20.4 Å². The zero-order valence-electron chi connectivity index (χ0n) is 14.4. The second kappa shape index (κ2) is 6.52. The van der Waals surface area contributed by atoms with Gasteiger partial charge in [-0.15, -0.1) is 10.2 Å². The Balaban J connectivity index is 2.21. The Labute approximate surface area is 147 Å². The van der Waals surface area contributed by atoms with Gasteiger partial charge in [-0.2, -0.15) is 17.9 Å². The van der Waals surface area contributed by atoms with Gasteiger partial charge in [0.25, 0.3) is 0 Å². The summed E-state index contributed by atoms with van der Waals surface area (Å²) in [7, 11) is 1.63. The lowest BCUT2D eigenvalue weighted by Crippen LogP contribution is -2.09. The fourth-order valence-electron chi connectivity index (χ4n) is 2.54. The molecule has 0 saturated heterocycles. The van der Waals surface area contributed by atoms with Gasteiger partial charge in [0.1, 0.15) is 6.10 Å². The lowest BCUT2D eigenvalue weighted by molar-refractivity contribution is -0.138. The van der Waals surface area contributed by atoms with Gasteiger partial charge in [-0.3, -0.25) is 0 Å². The van der Waals surface area contributed by atoms with Crippen LogP contribution in [0.1, 0.15) is 36.4 Å². The van der Waals surface area contributed by atoms with E-state index < -0.39 is 17.8 Å². The van der Waals surface area contributed by atoms with Crippen molar-refractivity contribution in [2.75, 3.05) is 0 Å². The molecule has 0 radical (unpaired) electrons. The summed E-state index contributed by atoms with van der Waals surface area (Å²) in [5, 5.41) is 21.9. The van der Waals surface area contributed by atoms with Crippen LogP contribution in [0.15, 0.2) is 24.4 Å². The van der Waals surface area contributed by atoms with E-state index in [0.29, 0.717) is 12.2 Å². The normalized spacial score (nSPS) is 13.2. The van der Waals surface area contributed by atoms with Crippen LogP contribution in [-0.2, 0) is 13.2 Å². The van der Waals surface area contributed by atoms with Gasteiger partial charge in [-0.1, -0.05) is 24.3 Å². The van der Waals surface area contributed by atoms with Crippen molar-refractivity contribution in [1.82, 2.24) is 29.8 Å². The summed E-state index contributed by atoms with van der Waals surface area (Å²) in [6.07, 6.45) is -3.62.